The molecule has 2 rings (SSSR count). The molecule has 0 saturated heterocycles. The molecule has 2 fully saturated rings. The minimum Gasteiger partial charge on any atom is -0.326 e. The average Bonchev–Trinajstić information content (AvgIpc) is 2.98. The van der Waals surface area contributed by atoms with Crippen molar-refractivity contribution in [2.24, 2.45) is 5.73 Å². The normalized spacial score (nSPS) is 34.5. The molecule has 0 bridgehead atoms. The molecule has 2 atom stereocenters. The van der Waals surface area contributed by atoms with Crippen LogP contribution in [0.25, 0.3) is 0 Å². The molecule has 2 nitrogen and oxygen atoms in total. The van der Waals surface area contributed by atoms with E-state index in [4.69, 9.17) is 5.73 Å². The summed E-state index contributed by atoms with van der Waals surface area (Å²) < 4.78 is 0. The summed E-state index contributed by atoms with van der Waals surface area (Å²) in [4.78, 5) is 2.68. The van der Waals surface area contributed by atoms with Crippen LogP contribution in [0.15, 0.2) is 0 Å². The van der Waals surface area contributed by atoms with Crippen molar-refractivity contribution in [3.63, 3.8) is 0 Å². The monoisotopic (exact) mass is 196 g/mol. The fourth-order valence-electron chi connectivity index (χ4n) is 2.90. The highest BCUT2D eigenvalue weighted by Crippen LogP contribution is 2.32. The van der Waals surface area contributed by atoms with Crippen LogP contribution in [-0.4, -0.2) is 29.6 Å². The minimum atomic E-state index is 0.443. The molecule has 0 spiro atoms. The van der Waals surface area contributed by atoms with Crippen LogP contribution < -0.4 is 5.73 Å². The van der Waals surface area contributed by atoms with Gasteiger partial charge in [0.15, 0.2) is 0 Å². The first-order valence-corrected chi connectivity index (χ1v) is 6.34. The molecule has 0 aromatic rings. The smallest absolute Gasteiger partial charge is 0.0250 e. The quantitative estimate of drug-likeness (QED) is 0.701. The lowest BCUT2D eigenvalue weighted by Crippen LogP contribution is -2.48. The molecule has 2 aliphatic rings. The summed E-state index contributed by atoms with van der Waals surface area (Å²) in [6.45, 7) is 3.49. The van der Waals surface area contributed by atoms with Crippen LogP contribution in [0.2, 0.25) is 0 Å². The molecule has 0 heterocycles. The Labute approximate surface area is 87.8 Å². The van der Waals surface area contributed by atoms with E-state index in [-0.39, 0.29) is 0 Å². The highest BCUT2D eigenvalue weighted by Gasteiger charge is 2.35. The van der Waals surface area contributed by atoms with Gasteiger partial charge in [-0.2, -0.15) is 0 Å². The van der Waals surface area contributed by atoms with Crippen LogP contribution >= 0.6 is 0 Å². The third-order valence-corrected chi connectivity index (χ3v) is 3.84. The van der Waals surface area contributed by atoms with Crippen LogP contribution in [0.1, 0.15) is 51.9 Å². The first kappa shape index (κ1) is 10.4. The zero-order valence-electron chi connectivity index (χ0n) is 9.41. The number of hydrogen-bond donors (Lipinski definition) is 1. The number of nitrogens with two attached hydrogens (primary N) is 1. The standard InChI is InChI=1S/C12H24N2/c1-2-14(10-8-9-10)12-7-5-3-4-6-11(12)13/h10-12H,2-9,13H2,1H3. The van der Waals surface area contributed by atoms with E-state index >= 15 is 0 Å². The Morgan fingerprint density at radius 2 is 1.79 bits per heavy atom. The lowest BCUT2D eigenvalue weighted by atomic mass is 10.0. The van der Waals surface area contributed by atoms with Gasteiger partial charge >= 0.3 is 0 Å². The Morgan fingerprint density at radius 1 is 1.07 bits per heavy atom. The van der Waals surface area contributed by atoms with E-state index < -0.39 is 0 Å². The summed E-state index contributed by atoms with van der Waals surface area (Å²) in [5.41, 5.74) is 6.28. The molecule has 2 heteroatoms. The molecule has 2 saturated carbocycles. The van der Waals surface area contributed by atoms with Gasteiger partial charge in [0, 0.05) is 18.1 Å². The zero-order chi connectivity index (χ0) is 9.97. The molecule has 0 radical (unpaired) electrons. The molecular weight excluding hydrogens is 172 g/mol. The summed E-state index contributed by atoms with van der Waals surface area (Å²) in [6.07, 6.45) is 9.54. The van der Waals surface area contributed by atoms with E-state index in [1.165, 1.54) is 51.5 Å². The second kappa shape index (κ2) is 4.63. The van der Waals surface area contributed by atoms with Crippen molar-refractivity contribution >= 4 is 0 Å². The summed E-state index contributed by atoms with van der Waals surface area (Å²) in [7, 11) is 0. The lowest BCUT2D eigenvalue weighted by molar-refractivity contribution is 0.161. The van der Waals surface area contributed by atoms with Crippen molar-refractivity contribution in [1.82, 2.24) is 4.90 Å². The molecule has 0 amide bonds. The van der Waals surface area contributed by atoms with E-state index in [1.54, 1.807) is 0 Å². The van der Waals surface area contributed by atoms with Crippen molar-refractivity contribution in [3.8, 4) is 0 Å². The van der Waals surface area contributed by atoms with Crippen molar-refractivity contribution in [2.75, 3.05) is 6.54 Å². The minimum absolute atomic E-state index is 0.443. The van der Waals surface area contributed by atoms with Gasteiger partial charge in [0.05, 0.1) is 0 Å². The first-order valence-electron chi connectivity index (χ1n) is 6.34. The van der Waals surface area contributed by atoms with Gasteiger partial charge in [0.1, 0.15) is 0 Å². The van der Waals surface area contributed by atoms with E-state index in [0.29, 0.717) is 12.1 Å². The maximum Gasteiger partial charge on any atom is 0.0250 e. The van der Waals surface area contributed by atoms with Gasteiger partial charge in [-0.1, -0.05) is 26.2 Å². The summed E-state index contributed by atoms with van der Waals surface area (Å²) >= 11 is 0. The number of hydrogen-bond acceptors (Lipinski definition) is 2. The van der Waals surface area contributed by atoms with E-state index in [1.807, 2.05) is 0 Å². The Balaban J connectivity index is 1.96. The van der Waals surface area contributed by atoms with Crippen molar-refractivity contribution < 1.29 is 0 Å². The molecular formula is C12H24N2. The summed E-state index contributed by atoms with van der Waals surface area (Å²) in [5.74, 6) is 0. The van der Waals surface area contributed by atoms with Crippen molar-refractivity contribution in [3.05, 3.63) is 0 Å². The van der Waals surface area contributed by atoms with Gasteiger partial charge in [0.2, 0.25) is 0 Å². The van der Waals surface area contributed by atoms with Gasteiger partial charge in [-0.25, -0.2) is 0 Å². The fraction of sp³-hybridized carbons (Fsp3) is 1.00. The van der Waals surface area contributed by atoms with Crippen molar-refractivity contribution in [2.45, 2.75) is 70.0 Å². The highest BCUT2D eigenvalue weighted by molar-refractivity contribution is 4.93. The number of rotatable bonds is 3. The number of nitrogens with zero attached hydrogens (tertiary/aromatic N) is 1. The molecule has 2 unspecified atom stereocenters. The van der Waals surface area contributed by atoms with E-state index in [9.17, 15) is 0 Å². The van der Waals surface area contributed by atoms with Crippen molar-refractivity contribution in [1.29, 1.82) is 0 Å². The third-order valence-electron chi connectivity index (χ3n) is 3.84. The molecule has 0 aromatic heterocycles. The second-order valence-corrected chi connectivity index (χ2v) is 4.93. The van der Waals surface area contributed by atoms with E-state index in [2.05, 4.69) is 11.8 Å². The molecule has 14 heavy (non-hydrogen) atoms. The van der Waals surface area contributed by atoms with Crippen LogP contribution in [0.5, 0.6) is 0 Å². The first-order chi connectivity index (χ1) is 6.83. The molecule has 2 aliphatic carbocycles. The average molecular weight is 196 g/mol. The zero-order valence-corrected chi connectivity index (χ0v) is 9.41. The Bertz CT molecular complexity index is 177. The van der Waals surface area contributed by atoms with Crippen LogP contribution in [0.4, 0.5) is 0 Å². The summed E-state index contributed by atoms with van der Waals surface area (Å²) in [6, 6.07) is 2.02. The van der Waals surface area contributed by atoms with Crippen LogP contribution in [0, 0.1) is 0 Å². The maximum atomic E-state index is 6.28. The third kappa shape index (κ3) is 2.29. The lowest BCUT2D eigenvalue weighted by Gasteiger charge is -2.34. The topological polar surface area (TPSA) is 29.3 Å². The molecule has 0 aliphatic heterocycles. The summed E-state index contributed by atoms with van der Waals surface area (Å²) in [5, 5.41) is 0. The SMILES string of the molecule is CCN(C1CC1)C1CCCCCC1N. The maximum absolute atomic E-state index is 6.28. The number of likely N-dealkylation sites (N-methyl/N-ethyl adjacent to an activating group) is 1. The second-order valence-electron chi connectivity index (χ2n) is 4.93. The van der Waals surface area contributed by atoms with Crippen LogP contribution in [0.3, 0.4) is 0 Å². The fourth-order valence-corrected chi connectivity index (χ4v) is 2.90. The predicted molar refractivity (Wildman–Crippen MR) is 60.3 cm³/mol. The van der Waals surface area contributed by atoms with E-state index in [0.717, 1.165) is 6.04 Å². The van der Waals surface area contributed by atoms with Gasteiger partial charge < -0.3 is 5.73 Å². The Kier molecular flexibility index (Phi) is 3.45. The molecule has 0 aromatic carbocycles. The van der Waals surface area contributed by atoms with Gasteiger partial charge in [0.25, 0.3) is 0 Å². The molecule has 2 N–H and O–H groups in total. The highest BCUT2D eigenvalue weighted by atomic mass is 15.2. The Hall–Kier alpha value is -0.0800. The van der Waals surface area contributed by atoms with Crippen LogP contribution in [-0.2, 0) is 0 Å². The Morgan fingerprint density at radius 3 is 2.43 bits per heavy atom. The predicted octanol–water partition coefficient (Wildman–Crippen LogP) is 2.13. The van der Waals surface area contributed by atoms with Gasteiger partial charge in [-0.05, 0) is 32.2 Å². The largest absolute Gasteiger partial charge is 0.326 e. The molecule has 82 valence electrons. The van der Waals surface area contributed by atoms with Gasteiger partial charge in [-0.15, -0.1) is 0 Å². The van der Waals surface area contributed by atoms with Gasteiger partial charge in [-0.3, -0.25) is 4.90 Å².